The van der Waals surface area contributed by atoms with Gasteiger partial charge in [-0.25, -0.2) is 14.2 Å². The first-order valence-electron chi connectivity index (χ1n) is 8.19. The second-order valence-electron chi connectivity index (χ2n) is 6.25. The van der Waals surface area contributed by atoms with Crippen molar-refractivity contribution in [2.45, 2.75) is 25.3 Å². The molecular weight excluding hydrogens is 373 g/mol. The number of nitrogens with two attached hydrogens (primary N) is 1. The van der Waals surface area contributed by atoms with E-state index in [2.05, 4.69) is 13.7 Å². The molecule has 1 unspecified atom stereocenters. The molecule has 1 aliphatic carbocycles. The van der Waals surface area contributed by atoms with Crippen molar-refractivity contribution in [3.05, 3.63) is 51.8 Å². The molecule has 0 radical (unpaired) electrons. The van der Waals surface area contributed by atoms with Gasteiger partial charge in [0.15, 0.2) is 11.5 Å². The number of aromatic nitrogens is 4. The van der Waals surface area contributed by atoms with Crippen molar-refractivity contribution in [3.8, 4) is 5.82 Å². The van der Waals surface area contributed by atoms with E-state index in [1.807, 2.05) is 0 Å². The maximum absolute atomic E-state index is 14.8. The molecule has 1 atom stereocenters. The molecule has 10 heteroatoms. The van der Waals surface area contributed by atoms with Gasteiger partial charge in [-0.15, -0.1) is 0 Å². The monoisotopic (exact) mass is 387 g/mol. The molecule has 3 N–H and O–H groups in total. The first kappa shape index (κ1) is 17.4. The third kappa shape index (κ3) is 3.02. The molecule has 0 aromatic carbocycles. The van der Waals surface area contributed by atoms with Gasteiger partial charge in [0.25, 0.3) is 0 Å². The van der Waals surface area contributed by atoms with Crippen LogP contribution in [0.15, 0.2) is 29.3 Å². The smallest absolute Gasteiger partial charge is 0.341 e. The summed E-state index contributed by atoms with van der Waals surface area (Å²) in [5.41, 5.74) is 5.55. The van der Waals surface area contributed by atoms with Gasteiger partial charge in [0.2, 0.25) is 5.43 Å². The fourth-order valence-corrected chi connectivity index (χ4v) is 3.60. The zero-order valence-electron chi connectivity index (χ0n) is 13.9. The lowest BCUT2D eigenvalue weighted by atomic mass is 9.93. The molecule has 3 aromatic heterocycles. The van der Waals surface area contributed by atoms with Gasteiger partial charge in [-0.1, -0.05) is 6.08 Å². The number of nitrogens with zero attached hydrogens (tertiary/aromatic N) is 4. The van der Waals surface area contributed by atoms with E-state index in [9.17, 15) is 19.1 Å². The standard InChI is InChI=1S/C17H14FN5O3S/c18-12-5-10-15(24)11(17(25)26)7-23(13-6-20-27-22-13)16(10)21-14(12)8-2-1-3-9(19)4-8/h4-7,9H,1-3,19H2,(H,25,26). The van der Waals surface area contributed by atoms with E-state index in [-0.39, 0.29) is 22.8 Å². The number of aromatic carboxylic acids is 1. The number of hydrogen-bond acceptors (Lipinski definition) is 7. The van der Waals surface area contributed by atoms with Crippen LogP contribution in [0.1, 0.15) is 35.3 Å². The SMILES string of the molecule is NC1C=C(c2nc3c(cc2F)c(=O)c(C(=O)O)cn3-c2cnsn2)CCC1. The van der Waals surface area contributed by atoms with Crippen molar-refractivity contribution in [1.29, 1.82) is 0 Å². The van der Waals surface area contributed by atoms with Crippen molar-refractivity contribution in [2.24, 2.45) is 5.73 Å². The van der Waals surface area contributed by atoms with Gasteiger partial charge < -0.3 is 10.8 Å². The lowest BCUT2D eigenvalue weighted by molar-refractivity contribution is 0.0695. The van der Waals surface area contributed by atoms with Crippen LogP contribution in [0.25, 0.3) is 22.4 Å². The Kier molecular flexibility index (Phi) is 4.28. The Hall–Kier alpha value is -2.98. The maximum atomic E-state index is 14.8. The van der Waals surface area contributed by atoms with Crippen LogP contribution in [0.4, 0.5) is 4.39 Å². The number of rotatable bonds is 3. The Bertz CT molecular complexity index is 1140. The topological polar surface area (TPSA) is 124 Å². The van der Waals surface area contributed by atoms with Crippen LogP contribution in [-0.4, -0.2) is 35.4 Å². The molecule has 0 bridgehead atoms. The van der Waals surface area contributed by atoms with Crippen molar-refractivity contribution in [2.75, 3.05) is 0 Å². The molecule has 0 spiro atoms. The predicted molar refractivity (Wildman–Crippen MR) is 97.5 cm³/mol. The number of allylic oxidation sites excluding steroid dienone is 1. The quantitative estimate of drug-likeness (QED) is 0.704. The summed E-state index contributed by atoms with van der Waals surface area (Å²) < 4.78 is 24.1. The Balaban J connectivity index is 2.05. The van der Waals surface area contributed by atoms with Crippen LogP contribution in [0.2, 0.25) is 0 Å². The van der Waals surface area contributed by atoms with Crippen LogP contribution in [0, 0.1) is 5.82 Å². The van der Waals surface area contributed by atoms with Gasteiger partial charge >= 0.3 is 5.97 Å². The number of pyridine rings is 2. The second kappa shape index (κ2) is 6.63. The summed E-state index contributed by atoms with van der Waals surface area (Å²) in [6.45, 7) is 0. The maximum Gasteiger partial charge on any atom is 0.341 e. The van der Waals surface area contributed by atoms with Crippen LogP contribution in [0.3, 0.4) is 0 Å². The Labute approximate surface area is 156 Å². The summed E-state index contributed by atoms with van der Waals surface area (Å²) in [4.78, 5) is 28.3. The molecule has 138 valence electrons. The Morgan fingerprint density at radius 3 is 2.93 bits per heavy atom. The minimum Gasteiger partial charge on any atom is -0.477 e. The van der Waals surface area contributed by atoms with E-state index >= 15 is 0 Å². The lowest BCUT2D eigenvalue weighted by Crippen LogP contribution is -2.22. The summed E-state index contributed by atoms with van der Waals surface area (Å²) in [7, 11) is 0. The number of halogens is 1. The average molecular weight is 387 g/mol. The summed E-state index contributed by atoms with van der Waals surface area (Å²) >= 11 is 0.921. The summed E-state index contributed by atoms with van der Waals surface area (Å²) in [5.74, 6) is -1.80. The zero-order chi connectivity index (χ0) is 19.1. The normalized spacial score (nSPS) is 17.1. The molecule has 1 aliphatic rings. The number of hydrogen-bond donors (Lipinski definition) is 2. The molecular formula is C17H14FN5O3S. The largest absolute Gasteiger partial charge is 0.477 e. The fourth-order valence-electron chi connectivity index (χ4n) is 3.19. The number of carboxylic acid groups (broad SMARTS) is 1. The molecule has 0 aliphatic heterocycles. The van der Waals surface area contributed by atoms with Gasteiger partial charge in [-0.05, 0) is 30.9 Å². The van der Waals surface area contributed by atoms with E-state index in [0.29, 0.717) is 17.8 Å². The van der Waals surface area contributed by atoms with Gasteiger partial charge in [-0.2, -0.15) is 8.75 Å². The molecule has 0 saturated carbocycles. The highest BCUT2D eigenvalue weighted by Crippen LogP contribution is 2.29. The lowest BCUT2D eigenvalue weighted by Gasteiger charge is -2.18. The third-order valence-corrected chi connectivity index (χ3v) is 4.93. The minimum atomic E-state index is -1.41. The number of fused-ring (bicyclic) bond motifs is 1. The van der Waals surface area contributed by atoms with Gasteiger partial charge in [0, 0.05) is 12.2 Å². The third-order valence-electron chi connectivity index (χ3n) is 4.46. The van der Waals surface area contributed by atoms with E-state index in [0.717, 1.165) is 36.8 Å². The van der Waals surface area contributed by atoms with E-state index < -0.39 is 22.8 Å². The molecule has 3 aromatic rings. The highest BCUT2D eigenvalue weighted by atomic mass is 32.1. The van der Waals surface area contributed by atoms with Crippen molar-refractivity contribution in [3.63, 3.8) is 0 Å². The highest BCUT2D eigenvalue weighted by molar-refractivity contribution is 6.99. The highest BCUT2D eigenvalue weighted by Gasteiger charge is 2.22. The summed E-state index contributed by atoms with van der Waals surface area (Å²) in [6, 6.07) is 0.855. The Morgan fingerprint density at radius 1 is 1.44 bits per heavy atom. The zero-order valence-corrected chi connectivity index (χ0v) is 14.7. The van der Waals surface area contributed by atoms with Gasteiger partial charge in [-0.3, -0.25) is 9.36 Å². The van der Waals surface area contributed by atoms with Gasteiger partial charge in [0.05, 0.1) is 23.3 Å². The minimum absolute atomic E-state index is 0.108. The fraction of sp³-hybridized carbons (Fsp3) is 0.235. The van der Waals surface area contributed by atoms with Crippen LogP contribution in [0.5, 0.6) is 0 Å². The van der Waals surface area contributed by atoms with Crippen LogP contribution in [-0.2, 0) is 0 Å². The van der Waals surface area contributed by atoms with Crippen LogP contribution >= 0.6 is 11.7 Å². The molecule has 3 heterocycles. The molecule has 8 nitrogen and oxygen atoms in total. The van der Waals surface area contributed by atoms with Crippen molar-refractivity contribution in [1.82, 2.24) is 18.3 Å². The van der Waals surface area contributed by atoms with E-state index in [4.69, 9.17) is 5.73 Å². The van der Waals surface area contributed by atoms with E-state index in [1.165, 1.54) is 10.8 Å². The van der Waals surface area contributed by atoms with Gasteiger partial charge in [0.1, 0.15) is 17.1 Å². The first-order chi connectivity index (χ1) is 13.0. The summed E-state index contributed by atoms with van der Waals surface area (Å²) in [5, 5.41) is 9.19. The molecule has 27 heavy (non-hydrogen) atoms. The predicted octanol–water partition coefficient (Wildman–Crippen LogP) is 1.97. The average Bonchev–Trinajstić information content (AvgIpc) is 3.16. The Morgan fingerprint density at radius 2 is 2.26 bits per heavy atom. The molecule has 0 amide bonds. The number of carboxylic acids is 1. The molecule has 0 fully saturated rings. The first-order valence-corrected chi connectivity index (χ1v) is 8.92. The second-order valence-corrected chi connectivity index (χ2v) is 6.81. The van der Waals surface area contributed by atoms with Crippen LogP contribution < -0.4 is 11.2 Å². The molecule has 4 rings (SSSR count). The number of carbonyl (C=O) groups is 1. The van der Waals surface area contributed by atoms with Crippen molar-refractivity contribution < 1.29 is 14.3 Å². The van der Waals surface area contributed by atoms with E-state index in [1.54, 1.807) is 6.08 Å². The summed E-state index contributed by atoms with van der Waals surface area (Å²) in [6.07, 6.45) is 6.58. The molecule has 0 saturated heterocycles. The van der Waals surface area contributed by atoms with Crippen molar-refractivity contribution >= 4 is 34.3 Å².